The molecule has 1 aliphatic rings. The number of piperazine rings is 1. The molecule has 10 nitrogen and oxygen atoms in total. The highest BCUT2D eigenvalue weighted by Gasteiger charge is 2.28. The number of nitrogens with zero attached hydrogens (tertiary/aromatic N) is 5. The monoisotopic (exact) mass is 606 g/mol. The van der Waals surface area contributed by atoms with Crippen LogP contribution in [0.2, 0.25) is 5.02 Å². The van der Waals surface area contributed by atoms with E-state index >= 15 is 0 Å². The van der Waals surface area contributed by atoms with Gasteiger partial charge in [-0.15, -0.1) is 0 Å². The molecule has 0 bridgehead atoms. The van der Waals surface area contributed by atoms with Gasteiger partial charge in [0.1, 0.15) is 11.6 Å². The first-order chi connectivity index (χ1) is 20.2. The lowest BCUT2D eigenvalue weighted by Crippen LogP contribution is -2.47. The van der Waals surface area contributed by atoms with Crippen molar-refractivity contribution in [3.8, 4) is 17.1 Å². The number of halogens is 1. The van der Waals surface area contributed by atoms with Crippen molar-refractivity contribution in [1.29, 1.82) is 0 Å². The number of sulfonamides is 1. The summed E-state index contributed by atoms with van der Waals surface area (Å²) in [4.78, 5) is 27.8. The first-order valence-corrected chi connectivity index (χ1v) is 15.6. The van der Waals surface area contributed by atoms with Crippen LogP contribution in [0.1, 0.15) is 18.9 Å². The molecule has 1 saturated heterocycles. The van der Waals surface area contributed by atoms with Crippen LogP contribution in [0.3, 0.4) is 0 Å². The fourth-order valence-corrected chi connectivity index (χ4v) is 6.81. The van der Waals surface area contributed by atoms with Gasteiger partial charge in [0.2, 0.25) is 10.0 Å². The molecule has 0 amide bonds. The van der Waals surface area contributed by atoms with E-state index in [0.29, 0.717) is 72.1 Å². The van der Waals surface area contributed by atoms with Crippen molar-refractivity contribution < 1.29 is 13.2 Å². The Bertz CT molecular complexity index is 1950. The van der Waals surface area contributed by atoms with Crippen molar-refractivity contribution in [1.82, 2.24) is 28.7 Å². The van der Waals surface area contributed by atoms with E-state index in [0.717, 1.165) is 17.5 Å². The van der Waals surface area contributed by atoms with Crippen LogP contribution in [0.4, 0.5) is 0 Å². The second-order valence-electron chi connectivity index (χ2n) is 10.5. The number of hydrogen-bond acceptors (Lipinski definition) is 7. The zero-order valence-electron chi connectivity index (χ0n) is 23.4. The van der Waals surface area contributed by atoms with Gasteiger partial charge >= 0.3 is 0 Å². The Labute approximate surface area is 248 Å². The molecule has 0 radical (unpaired) electrons. The van der Waals surface area contributed by atoms with Crippen LogP contribution < -0.4 is 10.3 Å². The van der Waals surface area contributed by atoms with E-state index in [1.54, 1.807) is 36.7 Å². The molecule has 42 heavy (non-hydrogen) atoms. The minimum Gasteiger partial charge on any atom is -0.493 e. The van der Waals surface area contributed by atoms with Gasteiger partial charge in [0, 0.05) is 37.7 Å². The van der Waals surface area contributed by atoms with Crippen LogP contribution in [0.5, 0.6) is 5.75 Å². The first-order valence-electron chi connectivity index (χ1n) is 13.8. The van der Waals surface area contributed by atoms with E-state index in [2.05, 4.69) is 14.9 Å². The van der Waals surface area contributed by atoms with Crippen LogP contribution in [0.25, 0.3) is 33.3 Å². The molecule has 5 aromatic rings. The maximum atomic E-state index is 13.5. The third-order valence-electron chi connectivity index (χ3n) is 7.46. The number of imidazole rings is 1. The standard InChI is InChI=1S/C30H31ClN6O4S/c1-3-13-41-28-8-7-22(42(39,40)37-11-9-35(2)10-12-37)15-24(28)29-33-25-17-26-27(16-23(25)30(38)34-29)36(19-32-26)18-20-5-4-6-21(31)14-20/h4-8,14-17,19H,3,9-13,18H2,1-2H3,(H,33,34,38). The zero-order chi connectivity index (χ0) is 29.4. The number of benzene rings is 3. The third kappa shape index (κ3) is 5.52. The number of H-pyrrole nitrogens is 1. The Hall–Kier alpha value is -3.77. The molecular formula is C30H31ClN6O4S. The molecule has 0 spiro atoms. The van der Waals surface area contributed by atoms with E-state index in [1.807, 2.05) is 42.8 Å². The van der Waals surface area contributed by atoms with Gasteiger partial charge < -0.3 is 19.2 Å². The highest BCUT2D eigenvalue weighted by molar-refractivity contribution is 7.89. The lowest BCUT2D eigenvalue weighted by molar-refractivity contribution is 0.222. The van der Waals surface area contributed by atoms with E-state index in [1.165, 1.54) is 4.31 Å². The van der Waals surface area contributed by atoms with E-state index in [4.69, 9.17) is 21.3 Å². The molecule has 3 aromatic carbocycles. The molecule has 0 saturated carbocycles. The molecule has 0 atom stereocenters. The van der Waals surface area contributed by atoms with Crippen molar-refractivity contribution in [2.45, 2.75) is 24.8 Å². The quantitative estimate of drug-likeness (QED) is 0.279. The summed E-state index contributed by atoms with van der Waals surface area (Å²) in [6.45, 7) is 5.09. The summed E-state index contributed by atoms with van der Waals surface area (Å²) < 4.78 is 36.5. The largest absolute Gasteiger partial charge is 0.493 e. The Balaban J connectivity index is 1.42. The fraction of sp³-hybridized carbons (Fsp3) is 0.300. The van der Waals surface area contributed by atoms with Gasteiger partial charge in [-0.3, -0.25) is 4.79 Å². The van der Waals surface area contributed by atoms with E-state index in [9.17, 15) is 13.2 Å². The van der Waals surface area contributed by atoms with Crippen molar-refractivity contribution >= 4 is 43.6 Å². The number of rotatable bonds is 8. The first kappa shape index (κ1) is 28.4. The highest BCUT2D eigenvalue weighted by Crippen LogP contribution is 2.32. The van der Waals surface area contributed by atoms with Crippen LogP contribution in [-0.4, -0.2) is 77.0 Å². The summed E-state index contributed by atoms with van der Waals surface area (Å²) in [5.74, 6) is 0.676. The lowest BCUT2D eigenvalue weighted by Gasteiger charge is -2.31. The zero-order valence-corrected chi connectivity index (χ0v) is 25.0. The van der Waals surface area contributed by atoms with Crippen molar-refractivity contribution in [3.05, 3.63) is 81.9 Å². The number of likely N-dealkylation sites (N-methyl/N-ethyl adjacent to an activating group) is 1. The number of aromatic nitrogens is 4. The number of fused-ring (bicyclic) bond motifs is 2. The molecule has 12 heteroatoms. The van der Waals surface area contributed by atoms with Crippen molar-refractivity contribution in [2.24, 2.45) is 0 Å². The molecular weight excluding hydrogens is 576 g/mol. The van der Waals surface area contributed by atoms with Crippen molar-refractivity contribution in [3.63, 3.8) is 0 Å². The van der Waals surface area contributed by atoms with Gasteiger partial charge in [0.15, 0.2) is 0 Å². The van der Waals surface area contributed by atoms with Crippen LogP contribution in [-0.2, 0) is 16.6 Å². The van der Waals surface area contributed by atoms with Gasteiger partial charge in [-0.25, -0.2) is 18.4 Å². The highest BCUT2D eigenvalue weighted by atomic mass is 35.5. The molecule has 6 rings (SSSR count). The topological polar surface area (TPSA) is 113 Å². The Morgan fingerprint density at radius 1 is 1.02 bits per heavy atom. The molecule has 2 aromatic heterocycles. The second kappa shape index (κ2) is 11.5. The summed E-state index contributed by atoms with van der Waals surface area (Å²) in [7, 11) is -1.78. The maximum Gasteiger partial charge on any atom is 0.259 e. The molecule has 1 N–H and O–H groups in total. The number of ether oxygens (including phenoxy) is 1. The normalized spacial score (nSPS) is 15.0. The van der Waals surface area contributed by atoms with Gasteiger partial charge in [0.05, 0.1) is 45.3 Å². The van der Waals surface area contributed by atoms with Gasteiger partial charge in [-0.05, 0) is 61.5 Å². The molecule has 218 valence electrons. The van der Waals surface area contributed by atoms with Gasteiger partial charge in [-0.2, -0.15) is 4.31 Å². The van der Waals surface area contributed by atoms with Gasteiger partial charge in [-0.1, -0.05) is 30.7 Å². The fourth-order valence-electron chi connectivity index (χ4n) is 5.15. The summed E-state index contributed by atoms with van der Waals surface area (Å²) in [6, 6.07) is 15.9. The minimum absolute atomic E-state index is 0.129. The third-order valence-corrected chi connectivity index (χ3v) is 9.59. The van der Waals surface area contributed by atoms with E-state index in [-0.39, 0.29) is 16.3 Å². The summed E-state index contributed by atoms with van der Waals surface area (Å²) in [5.41, 5.74) is 2.99. The summed E-state index contributed by atoms with van der Waals surface area (Å²) in [5, 5.41) is 1.05. The Morgan fingerprint density at radius 2 is 1.83 bits per heavy atom. The summed E-state index contributed by atoms with van der Waals surface area (Å²) in [6.07, 6.45) is 2.49. The summed E-state index contributed by atoms with van der Waals surface area (Å²) >= 11 is 6.16. The van der Waals surface area contributed by atoms with Crippen molar-refractivity contribution in [2.75, 3.05) is 39.8 Å². The molecule has 0 unspecified atom stereocenters. The number of nitrogens with one attached hydrogen (secondary N) is 1. The molecule has 3 heterocycles. The average Bonchev–Trinajstić information content (AvgIpc) is 3.36. The molecule has 1 fully saturated rings. The Kier molecular flexibility index (Phi) is 7.75. The minimum atomic E-state index is -3.75. The average molecular weight is 607 g/mol. The molecule has 1 aliphatic heterocycles. The smallest absolute Gasteiger partial charge is 0.259 e. The van der Waals surface area contributed by atoms with Crippen LogP contribution in [0.15, 0.2) is 70.6 Å². The van der Waals surface area contributed by atoms with E-state index < -0.39 is 10.0 Å². The second-order valence-corrected chi connectivity index (χ2v) is 12.9. The van der Waals surface area contributed by atoms with Gasteiger partial charge in [0.25, 0.3) is 5.56 Å². The van der Waals surface area contributed by atoms with Crippen LogP contribution >= 0.6 is 11.6 Å². The lowest BCUT2D eigenvalue weighted by atomic mass is 10.1. The predicted molar refractivity (Wildman–Crippen MR) is 164 cm³/mol. The molecule has 0 aliphatic carbocycles. The Morgan fingerprint density at radius 3 is 2.60 bits per heavy atom. The number of hydrogen-bond donors (Lipinski definition) is 1. The number of aromatic amines is 1. The van der Waals surface area contributed by atoms with Crippen LogP contribution in [0, 0.1) is 0 Å². The predicted octanol–water partition coefficient (Wildman–Crippen LogP) is 4.37. The maximum absolute atomic E-state index is 13.5. The SMILES string of the molecule is CCCOc1ccc(S(=O)(=O)N2CCN(C)CC2)cc1-c1nc2cc3ncn(Cc4cccc(Cl)c4)c3cc2c(=O)[nH]1.